The molecule has 0 atom stereocenters. The summed E-state index contributed by atoms with van der Waals surface area (Å²) in [5, 5.41) is 2.58. The molecule has 2 aromatic heterocycles. The Labute approximate surface area is 168 Å². The van der Waals surface area contributed by atoms with Crippen LogP contribution < -0.4 is 10.9 Å². The summed E-state index contributed by atoms with van der Waals surface area (Å²) in [6.45, 7) is -0.531. The van der Waals surface area contributed by atoms with E-state index in [2.05, 4.69) is 10.3 Å². The van der Waals surface area contributed by atoms with Gasteiger partial charge in [0.25, 0.3) is 5.56 Å². The second-order valence-corrected chi connectivity index (χ2v) is 6.58. The maximum atomic E-state index is 12.8. The Morgan fingerprint density at radius 1 is 1.00 bits per heavy atom. The number of halogens is 3. The minimum atomic E-state index is -4.60. The Hall–Kier alpha value is -3.88. The van der Waals surface area contributed by atoms with Crippen LogP contribution in [0.4, 0.5) is 18.9 Å². The molecule has 4 aromatic rings. The summed E-state index contributed by atoms with van der Waals surface area (Å²) in [4.78, 5) is 28.3. The van der Waals surface area contributed by atoms with Gasteiger partial charge < -0.3 is 9.88 Å². The lowest BCUT2D eigenvalue weighted by molar-refractivity contribution is -0.138. The number of carbonyl (C=O) groups is 1. The molecule has 30 heavy (non-hydrogen) atoms. The number of fused-ring (bicyclic) bond motifs is 1. The Bertz CT molecular complexity index is 1270. The van der Waals surface area contributed by atoms with Crippen molar-refractivity contribution in [3.8, 4) is 5.69 Å². The molecule has 0 radical (unpaired) electrons. The fourth-order valence-electron chi connectivity index (χ4n) is 3.05. The van der Waals surface area contributed by atoms with Crippen molar-refractivity contribution in [1.82, 2.24) is 14.1 Å². The Morgan fingerprint density at radius 3 is 2.47 bits per heavy atom. The number of carbonyl (C=O) groups excluding carboxylic acids is 1. The van der Waals surface area contributed by atoms with E-state index >= 15 is 0 Å². The van der Waals surface area contributed by atoms with Gasteiger partial charge in [-0.25, -0.2) is 4.98 Å². The molecule has 0 saturated carbocycles. The Kier molecular flexibility index (Phi) is 4.86. The van der Waals surface area contributed by atoms with Gasteiger partial charge in [0.05, 0.1) is 16.6 Å². The zero-order valence-electron chi connectivity index (χ0n) is 15.4. The molecular formula is C21H15F3N4O2. The van der Waals surface area contributed by atoms with Gasteiger partial charge in [-0.15, -0.1) is 0 Å². The lowest BCUT2D eigenvalue weighted by Gasteiger charge is -2.11. The van der Waals surface area contributed by atoms with Crippen molar-refractivity contribution in [2.45, 2.75) is 12.7 Å². The largest absolute Gasteiger partial charge is 0.417 e. The topological polar surface area (TPSA) is 68.9 Å². The highest BCUT2D eigenvalue weighted by molar-refractivity contribution is 5.90. The van der Waals surface area contributed by atoms with E-state index in [0.717, 1.165) is 27.4 Å². The van der Waals surface area contributed by atoms with Gasteiger partial charge in [0.1, 0.15) is 12.9 Å². The number of pyridine rings is 1. The van der Waals surface area contributed by atoms with Crippen LogP contribution in [0, 0.1) is 0 Å². The molecule has 0 aliphatic carbocycles. The molecule has 0 unspecified atom stereocenters. The van der Waals surface area contributed by atoms with Crippen LogP contribution in [0.3, 0.4) is 0 Å². The predicted octanol–water partition coefficient (Wildman–Crippen LogP) is 3.84. The molecule has 0 bridgehead atoms. The van der Waals surface area contributed by atoms with Gasteiger partial charge in [-0.1, -0.05) is 12.1 Å². The van der Waals surface area contributed by atoms with E-state index in [1.54, 1.807) is 30.6 Å². The number of nitrogens with zero attached hydrogens (tertiary/aromatic N) is 3. The molecule has 9 heteroatoms. The molecule has 0 aliphatic heterocycles. The number of imidazole rings is 1. The molecule has 2 heterocycles. The second-order valence-electron chi connectivity index (χ2n) is 6.58. The summed E-state index contributed by atoms with van der Waals surface area (Å²) >= 11 is 0. The Morgan fingerprint density at radius 2 is 1.73 bits per heavy atom. The monoisotopic (exact) mass is 412 g/mol. The van der Waals surface area contributed by atoms with Crippen molar-refractivity contribution in [3.05, 3.63) is 89.1 Å². The average Bonchev–Trinajstić information content (AvgIpc) is 3.13. The molecule has 0 spiro atoms. The summed E-state index contributed by atoms with van der Waals surface area (Å²) in [5.41, 5.74) is 1.37. The van der Waals surface area contributed by atoms with Crippen molar-refractivity contribution >= 4 is 22.6 Å². The fourth-order valence-corrected chi connectivity index (χ4v) is 3.05. The van der Waals surface area contributed by atoms with Crippen LogP contribution in [-0.2, 0) is 17.5 Å². The average molecular weight is 412 g/mol. The third-order valence-electron chi connectivity index (χ3n) is 4.51. The molecule has 0 fully saturated rings. The number of alkyl halides is 3. The lowest BCUT2D eigenvalue weighted by atomic mass is 10.2. The molecule has 4 rings (SSSR count). The van der Waals surface area contributed by atoms with Crippen LogP contribution in [-0.4, -0.2) is 20.0 Å². The molecule has 2 aromatic carbocycles. The fraction of sp³-hybridized carbons (Fsp3) is 0.0952. The van der Waals surface area contributed by atoms with Crippen LogP contribution in [0.5, 0.6) is 0 Å². The van der Waals surface area contributed by atoms with Gasteiger partial charge in [-0.3, -0.25) is 14.2 Å². The number of benzene rings is 2. The first-order valence-electron chi connectivity index (χ1n) is 8.91. The normalized spacial score (nSPS) is 11.6. The summed E-state index contributed by atoms with van der Waals surface area (Å²) in [6, 6.07) is 16.0. The van der Waals surface area contributed by atoms with Crippen molar-refractivity contribution in [1.29, 1.82) is 0 Å². The third-order valence-corrected chi connectivity index (χ3v) is 4.51. The standard InChI is InChI=1S/C21H15F3N4O2/c22-21(23,24)14-5-10-20(30)27(11-14)12-19(29)26-15-6-8-16(9-7-15)28-13-25-17-3-1-2-4-18(17)28/h1-11,13H,12H2,(H,26,29). The number of rotatable bonds is 4. The zero-order chi connectivity index (χ0) is 21.3. The smallest absolute Gasteiger partial charge is 0.325 e. The number of para-hydroxylation sites is 2. The summed E-state index contributed by atoms with van der Waals surface area (Å²) in [7, 11) is 0. The minimum absolute atomic E-state index is 0.452. The predicted molar refractivity (Wildman–Crippen MR) is 105 cm³/mol. The molecule has 0 aliphatic rings. The highest BCUT2D eigenvalue weighted by Gasteiger charge is 2.31. The maximum Gasteiger partial charge on any atom is 0.417 e. The highest BCUT2D eigenvalue weighted by Crippen LogP contribution is 2.28. The lowest BCUT2D eigenvalue weighted by Crippen LogP contribution is -2.28. The van der Waals surface area contributed by atoms with Crippen molar-refractivity contribution in [2.24, 2.45) is 0 Å². The number of anilines is 1. The third kappa shape index (κ3) is 3.95. The van der Waals surface area contributed by atoms with Crippen LogP contribution in [0.25, 0.3) is 16.7 Å². The van der Waals surface area contributed by atoms with Crippen LogP contribution in [0.2, 0.25) is 0 Å². The van der Waals surface area contributed by atoms with E-state index in [4.69, 9.17) is 0 Å². The van der Waals surface area contributed by atoms with E-state index in [-0.39, 0.29) is 0 Å². The van der Waals surface area contributed by atoms with Gasteiger partial charge in [0.2, 0.25) is 5.91 Å². The number of nitrogens with one attached hydrogen (secondary N) is 1. The van der Waals surface area contributed by atoms with Gasteiger partial charge in [0, 0.05) is 23.6 Å². The molecule has 1 N–H and O–H groups in total. The van der Waals surface area contributed by atoms with Gasteiger partial charge in [-0.2, -0.15) is 13.2 Å². The SMILES string of the molecule is O=C(Cn1cc(C(F)(F)F)ccc1=O)Nc1ccc(-n2cnc3ccccc32)cc1. The molecule has 6 nitrogen and oxygen atoms in total. The first-order chi connectivity index (χ1) is 14.3. The summed E-state index contributed by atoms with van der Waals surface area (Å²) in [5.74, 6) is -0.614. The van der Waals surface area contributed by atoms with Crippen LogP contribution in [0.15, 0.2) is 78.0 Å². The molecule has 152 valence electrons. The van der Waals surface area contributed by atoms with E-state index in [9.17, 15) is 22.8 Å². The quantitative estimate of drug-likeness (QED) is 0.554. The molecule has 0 saturated heterocycles. The summed E-state index contributed by atoms with van der Waals surface area (Å²) < 4.78 is 41.1. The van der Waals surface area contributed by atoms with Gasteiger partial charge in [0.15, 0.2) is 0 Å². The van der Waals surface area contributed by atoms with Crippen molar-refractivity contribution in [3.63, 3.8) is 0 Å². The van der Waals surface area contributed by atoms with Gasteiger partial charge in [-0.05, 0) is 42.5 Å². The van der Waals surface area contributed by atoms with E-state index in [1.165, 1.54) is 0 Å². The number of aromatic nitrogens is 3. The van der Waals surface area contributed by atoms with E-state index in [0.29, 0.717) is 18.0 Å². The summed E-state index contributed by atoms with van der Waals surface area (Å²) in [6.07, 6.45) is -2.27. The van der Waals surface area contributed by atoms with Crippen LogP contribution in [0.1, 0.15) is 5.56 Å². The van der Waals surface area contributed by atoms with Crippen molar-refractivity contribution in [2.75, 3.05) is 5.32 Å². The first-order valence-corrected chi connectivity index (χ1v) is 8.91. The number of hydrogen-bond donors (Lipinski definition) is 1. The number of hydrogen-bond acceptors (Lipinski definition) is 3. The van der Waals surface area contributed by atoms with Gasteiger partial charge >= 0.3 is 6.18 Å². The molecular weight excluding hydrogens is 397 g/mol. The molecule has 1 amide bonds. The minimum Gasteiger partial charge on any atom is -0.325 e. The second kappa shape index (κ2) is 7.51. The zero-order valence-corrected chi connectivity index (χ0v) is 15.4. The van der Waals surface area contributed by atoms with E-state index in [1.807, 2.05) is 28.8 Å². The first kappa shape index (κ1) is 19.4. The number of amides is 1. The Balaban J connectivity index is 1.49. The van der Waals surface area contributed by atoms with E-state index < -0.39 is 29.8 Å². The highest BCUT2D eigenvalue weighted by atomic mass is 19.4. The van der Waals surface area contributed by atoms with Crippen molar-refractivity contribution < 1.29 is 18.0 Å². The van der Waals surface area contributed by atoms with Crippen LogP contribution >= 0.6 is 0 Å². The maximum absolute atomic E-state index is 12.8.